The summed E-state index contributed by atoms with van der Waals surface area (Å²) in [7, 11) is -1.43. The van der Waals surface area contributed by atoms with Gasteiger partial charge in [-0.1, -0.05) is 170 Å². The van der Waals surface area contributed by atoms with Crippen LogP contribution in [0, 0.1) is 13.8 Å². The summed E-state index contributed by atoms with van der Waals surface area (Å²) < 4.78 is 0. The molecule has 6 rings (SSSR count). The fourth-order valence-electron chi connectivity index (χ4n) is 5.55. The molecule has 2 heteroatoms. The van der Waals surface area contributed by atoms with E-state index in [1.807, 2.05) is 0 Å². The zero-order valence-electron chi connectivity index (χ0n) is 24.1. The van der Waals surface area contributed by atoms with E-state index in [-0.39, 0.29) is 0 Å². The van der Waals surface area contributed by atoms with Gasteiger partial charge in [0.15, 0.2) is 0 Å². The maximum absolute atomic E-state index is 2.35. The topological polar surface area (TPSA) is 0 Å². The van der Waals surface area contributed by atoms with Crippen molar-refractivity contribution in [3.8, 4) is 0 Å². The van der Waals surface area contributed by atoms with Crippen molar-refractivity contribution in [2.75, 3.05) is 0 Å². The van der Waals surface area contributed by atoms with Gasteiger partial charge in [-0.3, -0.25) is 0 Å². The second kappa shape index (κ2) is 13.3. The van der Waals surface area contributed by atoms with Crippen LogP contribution >= 0.6 is 15.8 Å². The third-order valence-corrected chi connectivity index (χ3v) is 12.9. The van der Waals surface area contributed by atoms with Gasteiger partial charge in [0.1, 0.15) is 0 Å². The van der Waals surface area contributed by atoms with Crippen molar-refractivity contribution >= 4 is 59.8 Å². The molecule has 0 aliphatic rings. The Bertz CT molecular complexity index is 1560. The first-order chi connectivity index (χ1) is 20.7. The van der Waals surface area contributed by atoms with Crippen LogP contribution in [-0.2, 0) is 0 Å². The van der Waals surface area contributed by atoms with Crippen molar-refractivity contribution in [2.24, 2.45) is 0 Å². The highest BCUT2D eigenvalue weighted by atomic mass is 31.1. The van der Waals surface area contributed by atoms with Crippen LogP contribution in [0.25, 0.3) is 12.2 Å². The Morgan fingerprint density at radius 1 is 0.333 bits per heavy atom. The first kappa shape index (κ1) is 28.1. The normalized spacial score (nSPS) is 11.4. The molecule has 0 radical (unpaired) electrons. The Hall–Kier alpha value is -4.08. The summed E-state index contributed by atoms with van der Waals surface area (Å²) in [6, 6.07) is 57.5. The number of benzene rings is 6. The predicted octanol–water partition coefficient (Wildman–Crippen LogP) is 7.99. The molecule has 0 fully saturated rings. The Labute approximate surface area is 252 Å². The van der Waals surface area contributed by atoms with Crippen LogP contribution in [0.5, 0.6) is 0 Å². The van der Waals surface area contributed by atoms with E-state index >= 15 is 0 Å². The molecule has 0 N–H and O–H groups in total. The fraction of sp³-hybridized carbons (Fsp3) is 0.0500. The highest BCUT2D eigenvalue weighted by Gasteiger charge is 2.22. The van der Waals surface area contributed by atoms with Crippen molar-refractivity contribution in [1.82, 2.24) is 0 Å². The molecule has 0 saturated heterocycles. The minimum Gasteiger partial charge on any atom is -0.0622 e. The number of hydrogen-bond donors (Lipinski definition) is 0. The van der Waals surface area contributed by atoms with Crippen LogP contribution in [0.1, 0.15) is 22.3 Å². The average Bonchev–Trinajstić information content (AvgIpc) is 3.04. The smallest absolute Gasteiger partial charge is 0.00494 e. The summed E-state index contributed by atoms with van der Waals surface area (Å²) in [5, 5.41) is 8.32. The van der Waals surface area contributed by atoms with Crippen molar-refractivity contribution in [3.63, 3.8) is 0 Å². The molecule has 0 bridgehead atoms. The molecule has 204 valence electrons. The zero-order chi connectivity index (χ0) is 28.7. The van der Waals surface area contributed by atoms with Gasteiger partial charge >= 0.3 is 0 Å². The van der Waals surface area contributed by atoms with Crippen LogP contribution < -0.4 is 31.8 Å². The number of hydrogen-bond acceptors (Lipinski definition) is 0. The van der Waals surface area contributed by atoms with Crippen molar-refractivity contribution in [1.29, 1.82) is 0 Å². The highest BCUT2D eigenvalue weighted by Crippen LogP contribution is 2.38. The Morgan fingerprint density at radius 3 is 0.905 bits per heavy atom. The van der Waals surface area contributed by atoms with E-state index in [2.05, 4.69) is 184 Å². The molecule has 0 amide bonds. The number of rotatable bonds is 8. The molecule has 0 atom stereocenters. The molecule has 6 aromatic carbocycles. The maximum atomic E-state index is 2.35. The third-order valence-electron chi connectivity index (χ3n) is 7.49. The van der Waals surface area contributed by atoms with E-state index in [1.165, 1.54) is 54.1 Å². The second-order valence-corrected chi connectivity index (χ2v) is 14.7. The van der Waals surface area contributed by atoms with Gasteiger partial charge in [-0.15, -0.1) is 0 Å². The van der Waals surface area contributed by atoms with E-state index < -0.39 is 15.8 Å². The lowest BCUT2D eigenvalue weighted by molar-refractivity contribution is 1.50. The average molecular weight is 577 g/mol. The molecule has 0 aliphatic carbocycles. The maximum Gasteiger partial charge on any atom is -0.00494 e. The molecule has 0 aliphatic heterocycles. The fourth-order valence-corrected chi connectivity index (χ4v) is 10.7. The molecule has 42 heavy (non-hydrogen) atoms. The minimum atomic E-state index is -0.714. The molecular weight excluding hydrogens is 542 g/mol. The third kappa shape index (κ3) is 6.07. The summed E-state index contributed by atoms with van der Waals surface area (Å²) in [6.45, 7) is 4.52. The van der Waals surface area contributed by atoms with Gasteiger partial charge in [0, 0.05) is 0 Å². The first-order valence-electron chi connectivity index (χ1n) is 14.4. The molecule has 0 aromatic heterocycles. The van der Waals surface area contributed by atoms with E-state index in [0.29, 0.717) is 0 Å². The quantitative estimate of drug-likeness (QED) is 0.127. The van der Waals surface area contributed by atoms with Crippen LogP contribution in [0.2, 0.25) is 0 Å². The second-order valence-electron chi connectivity index (χ2n) is 10.4. The molecule has 6 aromatic rings. The zero-order valence-corrected chi connectivity index (χ0v) is 25.8. The largest absolute Gasteiger partial charge is 0.0622 e. The molecular formula is C40H34P2. The highest BCUT2D eigenvalue weighted by molar-refractivity contribution is 7.80. The first-order valence-corrected chi connectivity index (χ1v) is 17.1. The molecule has 0 heterocycles. The van der Waals surface area contributed by atoms with E-state index in [0.717, 1.165) is 0 Å². The Morgan fingerprint density at radius 2 is 0.619 bits per heavy atom. The van der Waals surface area contributed by atoms with Gasteiger partial charge in [0.2, 0.25) is 0 Å². The van der Waals surface area contributed by atoms with Gasteiger partial charge in [0.05, 0.1) is 0 Å². The SMILES string of the molecule is Cc1cccc(/C=C\c2cccc(C)c2P(c2ccccc2)c2ccccc2)c1P(c1ccccc1)c1ccccc1. The standard InChI is InChI=1S/C40H34P2/c1-31-17-15-19-33(39(31)41(35-21-7-3-8-22-35)36-23-9-4-10-24-36)29-30-34-20-16-18-32(2)40(34)42(37-25-11-5-12-26-37)38-27-13-6-14-28-38/h3-30H,1-2H3/b30-29-. The van der Waals surface area contributed by atoms with Crippen LogP contribution in [0.4, 0.5) is 0 Å². The predicted molar refractivity (Wildman–Crippen MR) is 189 cm³/mol. The Kier molecular flexibility index (Phi) is 8.86. The summed E-state index contributed by atoms with van der Waals surface area (Å²) in [4.78, 5) is 0. The van der Waals surface area contributed by atoms with Crippen molar-refractivity contribution in [3.05, 3.63) is 180 Å². The van der Waals surface area contributed by atoms with Crippen LogP contribution in [0.3, 0.4) is 0 Å². The molecule has 0 spiro atoms. The molecule has 0 unspecified atom stereocenters. The van der Waals surface area contributed by atoms with Gasteiger partial charge in [-0.05, 0) is 83.8 Å². The van der Waals surface area contributed by atoms with Crippen LogP contribution in [-0.4, -0.2) is 0 Å². The number of aryl methyl sites for hydroxylation is 2. The minimum absolute atomic E-state index is 0.714. The van der Waals surface area contributed by atoms with E-state index in [9.17, 15) is 0 Å². The van der Waals surface area contributed by atoms with Gasteiger partial charge < -0.3 is 0 Å². The summed E-state index contributed by atoms with van der Waals surface area (Å²) in [6.07, 6.45) is 4.70. The lowest BCUT2D eigenvalue weighted by Gasteiger charge is -2.24. The van der Waals surface area contributed by atoms with E-state index in [4.69, 9.17) is 0 Å². The molecule has 0 saturated carbocycles. The Balaban J connectivity index is 1.50. The monoisotopic (exact) mass is 576 g/mol. The molecule has 0 nitrogen and oxygen atoms in total. The van der Waals surface area contributed by atoms with Crippen LogP contribution in [0.15, 0.2) is 158 Å². The summed E-state index contributed by atoms with van der Waals surface area (Å²) >= 11 is 0. The summed E-state index contributed by atoms with van der Waals surface area (Å²) in [5.41, 5.74) is 5.22. The van der Waals surface area contributed by atoms with Gasteiger partial charge in [0.25, 0.3) is 0 Å². The van der Waals surface area contributed by atoms with Gasteiger partial charge in [-0.2, -0.15) is 0 Å². The van der Waals surface area contributed by atoms with Gasteiger partial charge in [-0.25, -0.2) is 0 Å². The van der Waals surface area contributed by atoms with Crippen molar-refractivity contribution in [2.45, 2.75) is 13.8 Å². The van der Waals surface area contributed by atoms with Crippen molar-refractivity contribution < 1.29 is 0 Å². The summed E-state index contributed by atoms with van der Waals surface area (Å²) in [5.74, 6) is 0. The lowest BCUT2D eigenvalue weighted by Crippen LogP contribution is -2.25. The van der Waals surface area contributed by atoms with E-state index in [1.54, 1.807) is 0 Å². The lowest BCUT2D eigenvalue weighted by atomic mass is 10.1.